The summed E-state index contributed by atoms with van der Waals surface area (Å²) in [6.07, 6.45) is 2.95. The van der Waals surface area contributed by atoms with Crippen LogP contribution < -0.4 is 9.62 Å². The summed E-state index contributed by atoms with van der Waals surface area (Å²) >= 11 is 5.93. The minimum absolute atomic E-state index is 0.00371. The molecule has 1 aliphatic heterocycles. The average molecular weight is 361 g/mol. The molecule has 1 aliphatic rings. The minimum atomic E-state index is -3.63. The predicted molar refractivity (Wildman–Crippen MR) is 90.2 cm³/mol. The fourth-order valence-corrected chi connectivity index (χ4v) is 3.94. The van der Waals surface area contributed by atoms with Gasteiger partial charge in [0.15, 0.2) is 0 Å². The Morgan fingerprint density at radius 1 is 1.52 bits per heavy atom. The van der Waals surface area contributed by atoms with Gasteiger partial charge in [0.25, 0.3) is 0 Å². The first-order valence-electron chi connectivity index (χ1n) is 7.43. The van der Waals surface area contributed by atoms with Crippen molar-refractivity contribution in [2.75, 3.05) is 23.7 Å². The van der Waals surface area contributed by atoms with E-state index < -0.39 is 16.1 Å². The van der Waals surface area contributed by atoms with Gasteiger partial charge in [-0.2, -0.15) is 0 Å². The first-order valence-corrected chi connectivity index (χ1v) is 9.66. The Morgan fingerprint density at radius 3 is 2.83 bits per heavy atom. The van der Waals surface area contributed by atoms with E-state index in [-0.39, 0.29) is 12.0 Å². The van der Waals surface area contributed by atoms with Crippen molar-refractivity contribution >= 4 is 33.2 Å². The van der Waals surface area contributed by atoms with Crippen LogP contribution in [0.1, 0.15) is 19.8 Å². The van der Waals surface area contributed by atoms with Crippen LogP contribution in [0.4, 0.5) is 5.69 Å². The number of nitrogens with one attached hydrogen (secondary N) is 1. The molecule has 0 aromatic heterocycles. The van der Waals surface area contributed by atoms with Crippen LogP contribution >= 0.6 is 11.6 Å². The molecule has 0 radical (unpaired) electrons. The first kappa shape index (κ1) is 18.0. The zero-order chi connectivity index (χ0) is 17.0. The Bertz CT molecular complexity index is 659. The number of anilines is 1. The standard InChI is InChI=1S/C15H21ClN2O4S/c1-11(15(19)17-10-14-7-4-8-22-14)18(23(2,20)21)13-6-3-5-12(16)9-13/h3,5-6,9,11,14H,4,7-8,10H2,1-2H3,(H,17,19)/t11-,14+/m1/s1. The SMILES string of the molecule is C[C@H](C(=O)NC[C@@H]1CCCO1)N(c1cccc(Cl)c1)S(C)(=O)=O. The molecule has 0 saturated carbocycles. The predicted octanol–water partition coefficient (Wildman–Crippen LogP) is 1.79. The second-order valence-corrected chi connectivity index (χ2v) is 7.89. The Hall–Kier alpha value is -1.31. The number of amides is 1. The molecular weight excluding hydrogens is 340 g/mol. The molecule has 1 aromatic rings. The number of ether oxygens (including phenoxy) is 1. The number of nitrogens with zero attached hydrogens (tertiary/aromatic N) is 1. The highest BCUT2D eigenvalue weighted by Gasteiger charge is 2.29. The van der Waals surface area contributed by atoms with Gasteiger partial charge in [0.05, 0.1) is 18.0 Å². The van der Waals surface area contributed by atoms with Gasteiger partial charge in [0.2, 0.25) is 15.9 Å². The van der Waals surface area contributed by atoms with Gasteiger partial charge in [-0.15, -0.1) is 0 Å². The number of rotatable bonds is 6. The molecule has 1 heterocycles. The van der Waals surface area contributed by atoms with Gasteiger partial charge in [-0.25, -0.2) is 8.42 Å². The van der Waals surface area contributed by atoms with Crippen LogP contribution in [0.25, 0.3) is 0 Å². The minimum Gasteiger partial charge on any atom is -0.376 e. The molecule has 1 saturated heterocycles. The molecular formula is C15H21ClN2O4S. The van der Waals surface area contributed by atoms with Crippen LogP contribution in [0, 0.1) is 0 Å². The monoisotopic (exact) mass is 360 g/mol. The summed E-state index contributed by atoms with van der Waals surface area (Å²) in [6.45, 7) is 2.64. The van der Waals surface area contributed by atoms with Crippen molar-refractivity contribution in [1.29, 1.82) is 0 Å². The van der Waals surface area contributed by atoms with E-state index in [1.807, 2.05) is 0 Å². The lowest BCUT2D eigenvalue weighted by molar-refractivity contribution is -0.122. The van der Waals surface area contributed by atoms with Crippen LogP contribution in [0.5, 0.6) is 0 Å². The van der Waals surface area contributed by atoms with Crippen molar-refractivity contribution in [3.8, 4) is 0 Å². The zero-order valence-corrected chi connectivity index (χ0v) is 14.7. The molecule has 0 bridgehead atoms. The maximum atomic E-state index is 12.3. The van der Waals surface area contributed by atoms with Gasteiger partial charge < -0.3 is 10.1 Å². The summed E-state index contributed by atoms with van der Waals surface area (Å²) in [7, 11) is -3.63. The summed E-state index contributed by atoms with van der Waals surface area (Å²) in [5.74, 6) is -0.370. The average Bonchev–Trinajstić information content (AvgIpc) is 2.96. The highest BCUT2D eigenvalue weighted by Crippen LogP contribution is 2.24. The molecule has 1 amide bonds. The summed E-state index contributed by atoms with van der Waals surface area (Å²) < 4.78 is 30.8. The van der Waals surface area contributed by atoms with Gasteiger partial charge >= 0.3 is 0 Å². The second kappa shape index (κ2) is 7.51. The molecule has 2 atom stereocenters. The smallest absolute Gasteiger partial charge is 0.243 e. The van der Waals surface area contributed by atoms with E-state index in [1.165, 1.54) is 6.07 Å². The van der Waals surface area contributed by atoms with Gasteiger partial charge in [-0.05, 0) is 38.0 Å². The molecule has 1 N–H and O–H groups in total. The number of carbonyl (C=O) groups excluding carboxylic acids is 1. The quantitative estimate of drug-likeness (QED) is 0.839. The summed E-state index contributed by atoms with van der Waals surface area (Å²) in [4.78, 5) is 12.3. The maximum absolute atomic E-state index is 12.3. The number of halogens is 1. The van der Waals surface area contributed by atoms with Crippen molar-refractivity contribution < 1.29 is 17.9 Å². The van der Waals surface area contributed by atoms with E-state index in [4.69, 9.17) is 16.3 Å². The summed E-state index contributed by atoms with van der Waals surface area (Å²) in [6, 6.07) is 5.54. The zero-order valence-electron chi connectivity index (χ0n) is 13.2. The van der Waals surface area contributed by atoms with Crippen molar-refractivity contribution in [3.05, 3.63) is 29.3 Å². The molecule has 2 rings (SSSR count). The maximum Gasteiger partial charge on any atom is 0.243 e. The third kappa shape index (κ3) is 4.83. The van der Waals surface area contributed by atoms with Crippen LogP contribution in [0.2, 0.25) is 5.02 Å². The van der Waals surface area contributed by atoms with E-state index in [0.717, 1.165) is 23.4 Å². The van der Waals surface area contributed by atoms with E-state index in [9.17, 15) is 13.2 Å². The lowest BCUT2D eigenvalue weighted by Gasteiger charge is -2.28. The molecule has 6 nitrogen and oxygen atoms in total. The van der Waals surface area contributed by atoms with Gasteiger partial charge in [0, 0.05) is 18.2 Å². The highest BCUT2D eigenvalue weighted by molar-refractivity contribution is 7.92. The number of hydrogen-bond acceptors (Lipinski definition) is 4. The van der Waals surface area contributed by atoms with E-state index in [0.29, 0.717) is 23.9 Å². The molecule has 0 aliphatic carbocycles. The Morgan fingerprint density at radius 2 is 2.26 bits per heavy atom. The lowest BCUT2D eigenvalue weighted by Crippen LogP contribution is -2.49. The normalized spacial score (nSPS) is 19.3. The molecule has 23 heavy (non-hydrogen) atoms. The molecule has 0 unspecified atom stereocenters. The van der Waals surface area contributed by atoms with Crippen molar-refractivity contribution in [1.82, 2.24) is 5.32 Å². The van der Waals surface area contributed by atoms with Gasteiger partial charge in [0.1, 0.15) is 6.04 Å². The van der Waals surface area contributed by atoms with Gasteiger partial charge in [-0.3, -0.25) is 9.10 Å². The highest BCUT2D eigenvalue weighted by atomic mass is 35.5. The number of sulfonamides is 1. The fraction of sp³-hybridized carbons (Fsp3) is 0.533. The number of benzene rings is 1. The molecule has 1 aromatic carbocycles. The third-order valence-corrected chi connectivity index (χ3v) is 5.16. The van der Waals surface area contributed by atoms with E-state index in [1.54, 1.807) is 25.1 Å². The largest absolute Gasteiger partial charge is 0.376 e. The lowest BCUT2D eigenvalue weighted by atomic mass is 10.2. The third-order valence-electron chi connectivity index (χ3n) is 3.68. The fourth-order valence-electron chi connectivity index (χ4n) is 2.59. The first-order chi connectivity index (χ1) is 10.8. The Balaban J connectivity index is 2.13. The van der Waals surface area contributed by atoms with Crippen LogP contribution in [-0.4, -0.2) is 45.9 Å². The molecule has 8 heteroatoms. The van der Waals surface area contributed by atoms with Crippen LogP contribution in [-0.2, 0) is 19.6 Å². The van der Waals surface area contributed by atoms with Crippen LogP contribution in [0.3, 0.4) is 0 Å². The topological polar surface area (TPSA) is 75.7 Å². The van der Waals surface area contributed by atoms with Gasteiger partial charge in [-0.1, -0.05) is 17.7 Å². The Kier molecular flexibility index (Phi) is 5.89. The molecule has 128 valence electrons. The van der Waals surface area contributed by atoms with Crippen LogP contribution in [0.15, 0.2) is 24.3 Å². The summed E-state index contributed by atoms with van der Waals surface area (Å²) in [5.41, 5.74) is 0.361. The Labute approximate surface area is 141 Å². The molecule has 0 spiro atoms. The van der Waals surface area contributed by atoms with Crippen molar-refractivity contribution in [2.24, 2.45) is 0 Å². The van der Waals surface area contributed by atoms with Crippen molar-refractivity contribution in [2.45, 2.75) is 31.9 Å². The summed E-state index contributed by atoms with van der Waals surface area (Å²) in [5, 5.41) is 3.16. The van der Waals surface area contributed by atoms with E-state index >= 15 is 0 Å². The van der Waals surface area contributed by atoms with Crippen molar-refractivity contribution in [3.63, 3.8) is 0 Å². The second-order valence-electron chi connectivity index (χ2n) is 5.59. The molecule has 1 fully saturated rings. The van der Waals surface area contributed by atoms with E-state index in [2.05, 4.69) is 5.32 Å². The number of carbonyl (C=O) groups is 1. The number of hydrogen-bond donors (Lipinski definition) is 1.